The Morgan fingerprint density at radius 2 is 1.12 bits per heavy atom. The minimum absolute atomic E-state index is 0.105. The molecule has 0 saturated carbocycles. The molecule has 43 heavy (non-hydrogen) atoms. The summed E-state index contributed by atoms with van der Waals surface area (Å²) in [4.78, 5) is 7.83. The number of hydrogen-bond acceptors (Lipinski definition) is 15. The van der Waals surface area contributed by atoms with Crippen molar-refractivity contribution in [2.45, 2.75) is 104 Å². The average molecular weight is 679 g/mol. The predicted octanol–water partition coefficient (Wildman–Crippen LogP) is 4.42. The van der Waals surface area contributed by atoms with E-state index in [1.54, 1.807) is 62.3 Å². The van der Waals surface area contributed by atoms with Gasteiger partial charge in [0, 0.05) is 6.26 Å². The maximum atomic E-state index is 13.0. The summed E-state index contributed by atoms with van der Waals surface area (Å²) in [5, 5.41) is 9.21. The van der Waals surface area contributed by atoms with E-state index in [2.05, 4.69) is 9.97 Å². The molecule has 0 fully saturated rings. The molecule has 0 aliphatic heterocycles. The van der Waals surface area contributed by atoms with Gasteiger partial charge in [-0.25, -0.2) is 8.42 Å². The van der Waals surface area contributed by atoms with Crippen molar-refractivity contribution in [3.8, 4) is 11.8 Å². The van der Waals surface area contributed by atoms with Crippen LogP contribution in [0.25, 0.3) is 0 Å². The van der Waals surface area contributed by atoms with Crippen molar-refractivity contribution in [2.24, 2.45) is 0 Å². The fourth-order valence-corrected chi connectivity index (χ4v) is 7.41. The zero-order chi connectivity index (χ0) is 33.0. The molecule has 18 heteroatoms. The predicted molar refractivity (Wildman–Crippen MR) is 158 cm³/mol. The number of rotatable bonds is 22. The maximum absolute atomic E-state index is 13.0. The maximum Gasteiger partial charge on any atom is 0.356 e. The van der Waals surface area contributed by atoms with Gasteiger partial charge in [-0.15, -0.1) is 0 Å². The van der Waals surface area contributed by atoms with Crippen LogP contribution in [0.3, 0.4) is 0 Å². The number of hydrogen-bond donors (Lipinski definition) is 1. The summed E-state index contributed by atoms with van der Waals surface area (Å²) in [5.41, 5.74) is 0. The fraction of sp³-hybridized carbons (Fsp3) is 0.840. The van der Waals surface area contributed by atoms with Crippen LogP contribution in [-0.4, -0.2) is 98.9 Å². The van der Waals surface area contributed by atoms with Crippen molar-refractivity contribution in [1.82, 2.24) is 9.97 Å². The third-order valence-corrected chi connectivity index (χ3v) is 9.30. The summed E-state index contributed by atoms with van der Waals surface area (Å²) >= 11 is 0. The van der Waals surface area contributed by atoms with Crippen LogP contribution < -0.4 is 9.47 Å². The standard InChI is InChI=1S/C25H48N2O13P2S/c1-17(2)37-41(29,38-18(3)4)15-35-21(9)13-33-23-11-24(27-25(26-23)43(10,31)32)34-14-22(12-28)36-16-42(30,39-19(5)6)40-20(7)8/h11,17-22,28H,12-16H2,1-10H3/t21-,22-/m1/s1. The molecule has 15 nitrogen and oxygen atoms in total. The van der Waals surface area contributed by atoms with Gasteiger partial charge in [-0.05, 0) is 62.3 Å². The van der Waals surface area contributed by atoms with E-state index in [4.69, 9.17) is 37.0 Å². The number of ether oxygens (including phenoxy) is 4. The minimum Gasteiger partial charge on any atom is -0.475 e. The van der Waals surface area contributed by atoms with Crippen LogP contribution in [0.5, 0.6) is 11.8 Å². The molecule has 0 saturated heterocycles. The first-order valence-corrected chi connectivity index (χ1v) is 19.2. The van der Waals surface area contributed by atoms with Crippen LogP contribution in [0, 0.1) is 0 Å². The third-order valence-electron chi connectivity index (χ3n) is 4.55. The van der Waals surface area contributed by atoms with Gasteiger partial charge >= 0.3 is 15.2 Å². The van der Waals surface area contributed by atoms with Crippen molar-refractivity contribution in [1.29, 1.82) is 0 Å². The zero-order valence-corrected chi connectivity index (χ0v) is 29.2. The second-order valence-corrected chi connectivity index (χ2v) is 16.5. The molecule has 1 heterocycles. The largest absolute Gasteiger partial charge is 0.475 e. The highest BCUT2D eigenvalue weighted by molar-refractivity contribution is 7.90. The molecule has 252 valence electrons. The molecule has 2 atom stereocenters. The molecular formula is C25H48N2O13P2S. The van der Waals surface area contributed by atoms with Crippen molar-refractivity contribution < 1.29 is 59.7 Å². The van der Waals surface area contributed by atoms with E-state index in [-0.39, 0.29) is 43.5 Å². The summed E-state index contributed by atoms with van der Waals surface area (Å²) in [6.07, 6.45) is -2.94. The van der Waals surface area contributed by atoms with Crippen LogP contribution >= 0.6 is 15.2 Å². The Balaban J connectivity index is 2.93. The third kappa shape index (κ3) is 16.6. The van der Waals surface area contributed by atoms with E-state index in [1.165, 1.54) is 6.07 Å². The molecule has 1 N–H and O–H groups in total. The first-order valence-electron chi connectivity index (χ1n) is 13.9. The second-order valence-electron chi connectivity index (χ2n) is 10.8. The molecule has 1 rings (SSSR count). The van der Waals surface area contributed by atoms with Gasteiger partial charge in [0.2, 0.25) is 21.6 Å². The Hall–Kier alpha value is -1.19. The highest BCUT2D eigenvalue weighted by Crippen LogP contribution is 2.51. The summed E-state index contributed by atoms with van der Waals surface area (Å²) in [5.74, 6) is -0.316. The summed E-state index contributed by atoms with van der Waals surface area (Å²) in [7, 11) is -11.1. The zero-order valence-electron chi connectivity index (χ0n) is 26.6. The smallest absolute Gasteiger partial charge is 0.356 e. The van der Waals surface area contributed by atoms with E-state index < -0.39 is 67.6 Å². The minimum atomic E-state index is -3.87. The first kappa shape index (κ1) is 39.8. The van der Waals surface area contributed by atoms with Crippen molar-refractivity contribution in [3.63, 3.8) is 0 Å². The number of aliphatic hydroxyl groups excluding tert-OH is 1. The average Bonchev–Trinajstić information content (AvgIpc) is 2.83. The number of aromatic nitrogens is 2. The number of nitrogens with zero attached hydrogens (tertiary/aromatic N) is 2. The van der Waals surface area contributed by atoms with Gasteiger partial charge < -0.3 is 42.1 Å². The number of sulfone groups is 1. The van der Waals surface area contributed by atoms with E-state index in [9.17, 15) is 22.7 Å². The molecule has 1 aromatic rings. The molecule has 0 spiro atoms. The van der Waals surface area contributed by atoms with Crippen molar-refractivity contribution >= 4 is 25.0 Å². The summed E-state index contributed by atoms with van der Waals surface area (Å²) in [6.45, 7) is 14.5. The first-order chi connectivity index (χ1) is 19.8. The fourth-order valence-electron chi connectivity index (χ4n) is 3.15. The Labute approximate surface area is 255 Å². The van der Waals surface area contributed by atoms with Gasteiger partial charge in [0.15, 0.2) is 0 Å². The summed E-state index contributed by atoms with van der Waals surface area (Å²) in [6, 6.07) is 1.25. The Morgan fingerprint density at radius 1 is 0.721 bits per heavy atom. The Kier molecular flexibility index (Phi) is 16.7. The number of aliphatic hydroxyl groups is 1. The monoisotopic (exact) mass is 678 g/mol. The quantitative estimate of drug-likeness (QED) is 0.134. The second kappa shape index (κ2) is 18.1. The topological polar surface area (TPSA) is 188 Å². The van der Waals surface area contributed by atoms with Crippen molar-refractivity contribution in [3.05, 3.63) is 6.07 Å². The molecule has 0 aliphatic rings. The van der Waals surface area contributed by atoms with E-state index in [0.717, 1.165) is 6.26 Å². The molecule has 0 aliphatic carbocycles. The van der Waals surface area contributed by atoms with Crippen LogP contribution in [0.4, 0.5) is 0 Å². The van der Waals surface area contributed by atoms with E-state index in [1.807, 2.05) is 0 Å². The molecule has 0 aromatic carbocycles. The van der Waals surface area contributed by atoms with Gasteiger partial charge in [0.05, 0.1) is 43.2 Å². The van der Waals surface area contributed by atoms with Crippen LogP contribution in [0.1, 0.15) is 62.3 Å². The van der Waals surface area contributed by atoms with Crippen LogP contribution in [0.15, 0.2) is 11.2 Å². The summed E-state index contributed by atoms with van der Waals surface area (Å²) < 4.78 is 94.6. The molecule has 1 aromatic heterocycles. The molecular weight excluding hydrogens is 630 g/mol. The van der Waals surface area contributed by atoms with Gasteiger partial charge in [-0.2, -0.15) is 9.97 Å². The molecule has 0 amide bonds. The Morgan fingerprint density at radius 3 is 1.49 bits per heavy atom. The van der Waals surface area contributed by atoms with Gasteiger partial charge in [0.25, 0.3) is 5.16 Å². The molecule has 0 radical (unpaired) electrons. The SMILES string of the molecule is CC(C)OP(=O)(CO[C@H](CO)COc1cc(OC[C@@H](C)OCP(=O)(OC(C)C)OC(C)C)nc(S(C)(=O)=O)n1)OC(C)C. The highest BCUT2D eigenvalue weighted by Gasteiger charge is 2.31. The lowest BCUT2D eigenvalue weighted by Crippen LogP contribution is -2.27. The molecule has 0 bridgehead atoms. The Bertz CT molecular complexity index is 1150. The van der Waals surface area contributed by atoms with Gasteiger partial charge in [-0.3, -0.25) is 9.13 Å². The van der Waals surface area contributed by atoms with E-state index in [0.29, 0.717) is 0 Å². The van der Waals surface area contributed by atoms with Gasteiger partial charge in [-0.1, -0.05) is 0 Å². The molecule has 0 unspecified atom stereocenters. The lowest BCUT2D eigenvalue weighted by molar-refractivity contribution is -0.00631. The van der Waals surface area contributed by atoms with Crippen LogP contribution in [-0.2, 0) is 46.5 Å². The lowest BCUT2D eigenvalue weighted by atomic mass is 10.4. The normalized spacial score (nSPS) is 14.6. The highest BCUT2D eigenvalue weighted by atomic mass is 32.2. The van der Waals surface area contributed by atoms with E-state index >= 15 is 0 Å². The lowest BCUT2D eigenvalue weighted by Gasteiger charge is -2.24. The van der Waals surface area contributed by atoms with Crippen molar-refractivity contribution in [2.75, 3.05) is 38.8 Å². The van der Waals surface area contributed by atoms with Gasteiger partial charge in [0.1, 0.15) is 32.0 Å². The van der Waals surface area contributed by atoms with Crippen LogP contribution in [0.2, 0.25) is 0 Å².